The van der Waals surface area contributed by atoms with E-state index in [9.17, 15) is 14.4 Å². The Morgan fingerprint density at radius 3 is 2.88 bits per heavy atom. The molecule has 1 aromatic rings. The van der Waals surface area contributed by atoms with Gasteiger partial charge in [-0.05, 0) is 12.5 Å². The largest absolute Gasteiger partial charge is 0.469 e. The maximum atomic E-state index is 11.7. The summed E-state index contributed by atoms with van der Waals surface area (Å²) in [4.78, 5) is 37.8. The molecule has 10 heteroatoms. The molecule has 132 valence electrons. The molecule has 2 atom stereocenters. The zero-order chi connectivity index (χ0) is 17.5. The van der Waals surface area contributed by atoms with Gasteiger partial charge >= 0.3 is 17.6 Å². The zero-order valence-electron chi connectivity index (χ0n) is 13.2. The molecular formula is C14H19N3O7. The number of carbonyl (C=O) groups is 2. The van der Waals surface area contributed by atoms with Gasteiger partial charge in [0.15, 0.2) is 12.5 Å². The topological polar surface area (TPSA) is 132 Å². The molecule has 0 aromatic carbocycles. The number of hydrogen-bond acceptors (Lipinski definition) is 9. The van der Waals surface area contributed by atoms with Gasteiger partial charge in [-0.25, -0.2) is 4.79 Å². The Labute approximate surface area is 137 Å². The molecule has 0 bridgehead atoms. The fourth-order valence-electron chi connectivity index (χ4n) is 2.03. The maximum Gasteiger partial charge on any atom is 0.351 e. The number of methoxy groups -OCH3 is 1. The van der Waals surface area contributed by atoms with Gasteiger partial charge in [-0.3, -0.25) is 14.2 Å². The molecule has 0 aliphatic carbocycles. The van der Waals surface area contributed by atoms with Gasteiger partial charge in [0.2, 0.25) is 0 Å². The van der Waals surface area contributed by atoms with Crippen molar-refractivity contribution in [3.8, 4) is 0 Å². The molecular weight excluding hydrogens is 322 g/mol. The fourth-order valence-corrected chi connectivity index (χ4v) is 2.03. The Hall–Kier alpha value is -2.46. The van der Waals surface area contributed by atoms with Crippen molar-refractivity contribution < 1.29 is 28.5 Å². The molecule has 2 N–H and O–H groups in total. The molecule has 1 fully saturated rings. The van der Waals surface area contributed by atoms with E-state index in [1.54, 1.807) is 0 Å². The summed E-state index contributed by atoms with van der Waals surface area (Å²) in [6.07, 6.45) is 0.606. The van der Waals surface area contributed by atoms with Crippen LogP contribution in [0.15, 0.2) is 17.1 Å². The van der Waals surface area contributed by atoms with Crippen LogP contribution in [0.1, 0.15) is 25.5 Å². The predicted octanol–water partition coefficient (Wildman–Crippen LogP) is -0.416. The van der Waals surface area contributed by atoms with Crippen LogP contribution in [-0.2, 0) is 28.5 Å². The number of nitrogens with zero attached hydrogens (tertiary/aromatic N) is 2. The second-order valence-electron chi connectivity index (χ2n) is 5.01. The normalized spacial score (nSPS) is 19.9. The van der Waals surface area contributed by atoms with Crippen LogP contribution in [0.2, 0.25) is 0 Å². The summed E-state index contributed by atoms with van der Waals surface area (Å²) in [6.45, 7) is 0.0147. The molecule has 2 heterocycles. The molecule has 1 aliphatic heterocycles. The van der Waals surface area contributed by atoms with Crippen molar-refractivity contribution in [3.63, 3.8) is 0 Å². The number of nitrogen functional groups attached to an aromatic ring is 1. The number of hydrogen-bond donors (Lipinski definition) is 1. The third-order valence-corrected chi connectivity index (χ3v) is 3.27. The van der Waals surface area contributed by atoms with Crippen molar-refractivity contribution in [1.82, 2.24) is 9.55 Å². The first-order valence-corrected chi connectivity index (χ1v) is 7.33. The van der Waals surface area contributed by atoms with Crippen molar-refractivity contribution in [2.24, 2.45) is 0 Å². The second kappa shape index (κ2) is 8.41. The van der Waals surface area contributed by atoms with E-state index in [4.69, 9.17) is 19.9 Å². The van der Waals surface area contributed by atoms with Crippen LogP contribution >= 0.6 is 0 Å². The monoisotopic (exact) mass is 341 g/mol. The highest BCUT2D eigenvalue weighted by atomic mass is 16.7. The number of anilines is 1. The Morgan fingerprint density at radius 1 is 1.42 bits per heavy atom. The molecule has 0 amide bonds. The molecule has 0 unspecified atom stereocenters. The van der Waals surface area contributed by atoms with Crippen molar-refractivity contribution >= 4 is 17.8 Å². The van der Waals surface area contributed by atoms with Crippen molar-refractivity contribution in [2.75, 3.05) is 26.1 Å². The number of esters is 2. The van der Waals surface area contributed by atoms with Gasteiger partial charge in [0, 0.05) is 19.0 Å². The molecule has 0 spiro atoms. The van der Waals surface area contributed by atoms with Crippen LogP contribution in [0.4, 0.5) is 5.82 Å². The van der Waals surface area contributed by atoms with E-state index in [0.717, 1.165) is 0 Å². The molecule has 0 radical (unpaired) electrons. The van der Waals surface area contributed by atoms with Crippen molar-refractivity contribution in [2.45, 2.75) is 31.8 Å². The minimum absolute atomic E-state index is 0.0899. The molecule has 0 saturated carbocycles. The molecule has 24 heavy (non-hydrogen) atoms. The van der Waals surface area contributed by atoms with E-state index in [1.165, 1.54) is 23.9 Å². The summed E-state index contributed by atoms with van der Waals surface area (Å²) in [6, 6.07) is 1.47. The number of nitrogens with two attached hydrogens (primary N) is 1. The minimum atomic E-state index is -0.774. The lowest BCUT2D eigenvalue weighted by Crippen LogP contribution is -2.29. The molecule has 2 rings (SSSR count). The average molecular weight is 341 g/mol. The van der Waals surface area contributed by atoms with Gasteiger partial charge in [0.05, 0.1) is 13.7 Å². The summed E-state index contributed by atoms with van der Waals surface area (Å²) in [5, 5.41) is 0. The highest BCUT2D eigenvalue weighted by Gasteiger charge is 2.29. The van der Waals surface area contributed by atoms with E-state index < -0.39 is 24.2 Å². The SMILES string of the molecule is COC(=O)CCCC(=O)OC[C@H]1OC[C@@H](n2ccc(N)nc2=O)O1. The van der Waals surface area contributed by atoms with E-state index in [0.29, 0.717) is 6.42 Å². The summed E-state index contributed by atoms with van der Waals surface area (Å²) in [7, 11) is 1.29. The van der Waals surface area contributed by atoms with Gasteiger partial charge in [-0.1, -0.05) is 0 Å². The first kappa shape index (κ1) is 17.9. The fraction of sp³-hybridized carbons (Fsp3) is 0.571. The Morgan fingerprint density at radius 2 is 2.17 bits per heavy atom. The molecule has 1 aromatic heterocycles. The number of carbonyl (C=O) groups excluding carboxylic acids is 2. The van der Waals surface area contributed by atoms with E-state index in [2.05, 4.69) is 9.72 Å². The lowest BCUT2D eigenvalue weighted by molar-refractivity contribution is -0.159. The average Bonchev–Trinajstić information content (AvgIpc) is 3.01. The second-order valence-corrected chi connectivity index (χ2v) is 5.01. The summed E-state index contributed by atoms with van der Waals surface area (Å²) in [5.74, 6) is -0.732. The lowest BCUT2D eigenvalue weighted by Gasteiger charge is -2.13. The van der Waals surface area contributed by atoms with Crippen LogP contribution in [0.5, 0.6) is 0 Å². The van der Waals surface area contributed by atoms with Crippen LogP contribution in [0, 0.1) is 0 Å². The van der Waals surface area contributed by atoms with Gasteiger partial charge in [-0.15, -0.1) is 0 Å². The molecule has 1 aliphatic rings. The quantitative estimate of drug-likeness (QED) is 0.657. The standard InChI is InChI=1S/C14H19N3O7/c1-21-11(18)3-2-4-12(19)22-8-13-23-7-10(24-13)17-6-5-9(15)16-14(17)20/h5-6,10,13H,2-4,7-8H2,1H3,(H2,15,16,20)/t10-,13-/m0/s1. The van der Waals surface area contributed by atoms with Crippen molar-refractivity contribution in [3.05, 3.63) is 22.7 Å². The first-order valence-electron chi connectivity index (χ1n) is 7.33. The van der Waals surface area contributed by atoms with E-state index in [-0.39, 0.29) is 37.8 Å². The van der Waals surface area contributed by atoms with Gasteiger partial charge in [0.1, 0.15) is 12.4 Å². The number of aromatic nitrogens is 2. The lowest BCUT2D eigenvalue weighted by atomic mass is 10.2. The Balaban J connectivity index is 1.73. The smallest absolute Gasteiger partial charge is 0.351 e. The van der Waals surface area contributed by atoms with Crippen LogP contribution < -0.4 is 11.4 Å². The third kappa shape index (κ3) is 5.03. The molecule has 10 nitrogen and oxygen atoms in total. The minimum Gasteiger partial charge on any atom is -0.469 e. The van der Waals surface area contributed by atoms with Crippen LogP contribution in [0.3, 0.4) is 0 Å². The number of rotatable bonds is 7. The van der Waals surface area contributed by atoms with Gasteiger partial charge in [0.25, 0.3) is 0 Å². The molecule has 1 saturated heterocycles. The zero-order valence-corrected chi connectivity index (χ0v) is 13.2. The third-order valence-electron chi connectivity index (χ3n) is 3.27. The first-order chi connectivity index (χ1) is 11.5. The Kier molecular flexibility index (Phi) is 6.27. The van der Waals surface area contributed by atoms with E-state index in [1.807, 2.05) is 0 Å². The highest BCUT2D eigenvalue weighted by molar-refractivity contribution is 5.72. The number of ether oxygens (including phenoxy) is 4. The summed E-state index contributed by atoms with van der Waals surface area (Å²) in [5.41, 5.74) is 4.87. The predicted molar refractivity (Wildman–Crippen MR) is 79.6 cm³/mol. The highest BCUT2D eigenvalue weighted by Crippen LogP contribution is 2.19. The van der Waals surface area contributed by atoms with Gasteiger partial charge < -0.3 is 24.7 Å². The van der Waals surface area contributed by atoms with E-state index >= 15 is 0 Å². The maximum absolute atomic E-state index is 11.7. The van der Waals surface area contributed by atoms with Crippen molar-refractivity contribution in [1.29, 1.82) is 0 Å². The van der Waals surface area contributed by atoms with Crippen LogP contribution in [0.25, 0.3) is 0 Å². The summed E-state index contributed by atoms with van der Waals surface area (Å²) < 4.78 is 21.5. The van der Waals surface area contributed by atoms with Crippen LogP contribution in [-0.4, -0.2) is 48.1 Å². The summed E-state index contributed by atoms with van der Waals surface area (Å²) >= 11 is 0. The van der Waals surface area contributed by atoms with Gasteiger partial charge in [-0.2, -0.15) is 4.98 Å². The Bertz CT molecular complexity index is 646.